The Morgan fingerprint density at radius 1 is 1.12 bits per heavy atom. The number of aromatic nitrogens is 2. The molecule has 9 nitrogen and oxygen atoms in total. The van der Waals surface area contributed by atoms with Crippen molar-refractivity contribution in [3.8, 4) is 11.4 Å². The summed E-state index contributed by atoms with van der Waals surface area (Å²) in [6.45, 7) is 6.38. The topological polar surface area (TPSA) is 93.7 Å². The molecule has 2 aromatic carbocycles. The number of hydrogen-bond acceptors (Lipinski definition) is 7. The van der Waals surface area contributed by atoms with Crippen molar-refractivity contribution in [3.63, 3.8) is 0 Å². The molecule has 3 aromatic rings. The van der Waals surface area contributed by atoms with Crippen LogP contribution in [0.2, 0.25) is 0 Å². The largest absolute Gasteiger partial charge is 0.491 e. The lowest BCUT2D eigenvalue weighted by Crippen LogP contribution is -2.33. The minimum absolute atomic E-state index is 0.0869. The predicted molar refractivity (Wildman–Crippen MR) is 123 cm³/mol. The van der Waals surface area contributed by atoms with Gasteiger partial charge >= 0.3 is 0 Å². The Morgan fingerprint density at radius 3 is 2.72 bits per heavy atom. The first-order valence-electron chi connectivity index (χ1n) is 10.8. The van der Waals surface area contributed by atoms with Crippen LogP contribution in [0, 0.1) is 10.1 Å². The minimum Gasteiger partial charge on any atom is -0.491 e. The number of ether oxygens (including phenoxy) is 1. The van der Waals surface area contributed by atoms with Crippen LogP contribution < -0.4 is 10.3 Å². The Bertz CT molecular complexity index is 1190. The van der Waals surface area contributed by atoms with Crippen molar-refractivity contribution in [2.45, 2.75) is 19.9 Å². The van der Waals surface area contributed by atoms with E-state index < -0.39 is 4.92 Å². The molecule has 2 heterocycles. The SMILES string of the molecule is CCOc1cc([N+](=O)[O-])ccc1-n1c(CN2CCCN(C)CC2)nc2ccccc2c1=O. The monoisotopic (exact) mass is 437 g/mol. The lowest BCUT2D eigenvalue weighted by molar-refractivity contribution is -0.384. The molecule has 9 heteroatoms. The summed E-state index contributed by atoms with van der Waals surface area (Å²) in [5.74, 6) is 0.880. The van der Waals surface area contributed by atoms with Crippen LogP contribution in [0.4, 0.5) is 5.69 Å². The van der Waals surface area contributed by atoms with Crippen LogP contribution in [-0.2, 0) is 6.54 Å². The number of nitro benzene ring substituents is 1. The summed E-state index contributed by atoms with van der Waals surface area (Å²) < 4.78 is 7.26. The summed E-state index contributed by atoms with van der Waals surface area (Å²) in [6, 6.07) is 11.6. The molecule has 0 bridgehead atoms. The van der Waals surface area contributed by atoms with Gasteiger partial charge in [0.15, 0.2) is 0 Å². The maximum atomic E-state index is 13.6. The second kappa shape index (κ2) is 9.46. The summed E-state index contributed by atoms with van der Waals surface area (Å²) in [5.41, 5.74) is 0.793. The fraction of sp³-hybridized carbons (Fsp3) is 0.391. The summed E-state index contributed by atoms with van der Waals surface area (Å²) in [4.78, 5) is 33.8. The summed E-state index contributed by atoms with van der Waals surface area (Å²) >= 11 is 0. The number of benzene rings is 2. The fourth-order valence-electron chi connectivity index (χ4n) is 4.06. The molecule has 0 unspecified atom stereocenters. The predicted octanol–water partition coefficient (Wildman–Crippen LogP) is 2.83. The first-order valence-corrected chi connectivity index (χ1v) is 10.8. The third-order valence-electron chi connectivity index (χ3n) is 5.72. The van der Waals surface area contributed by atoms with Gasteiger partial charge in [0.05, 0.1) is 40.7 Å². The van der Waals surface area contributed by atoms with Gasteiger partial charge in [-0.25, -0.2) is 4.98 Å². The molecule has 0 radical (unpaired) electrons. The van der Waals surface area contributed by atoms with Crippen LogP contribution in [0.1, 0.15) is 19.2 Å². The number of likely N-dealkylation sites (N-methyl/N-ethyl adjacent to an activating group) is 1. The number of rotatable bonds is 6. The third kappa shape index (κ3) is 4.49. The van der Waals surface area contributed by atoms with E-state index in [1.54, 1.807) is 29.7 Å². The van der Waals surface area contributed by atoms with Gasteiger partial charge in [0.25, 0.3) is 11.2 Å². The van der Waals surface area contributed by atoms with Gasteiger partial charge in [-0.05, 0) is 51.7 Å². The smallest absolute Gasteiger partial charge is 0.273 e. The van der Waals surface area contributed by atoms with Crippen LogP contribution in [0.15, 0.2) is 47.3 Å². The van der Waals surface area contributed by atoms with Crippen molar-refractivity contribution in [1.82, 2.24) is 19.4 Å². The second-order valence-electron chi connectivity index (χ2n) is 7.96. The molecular weight excluding hydrogens is 410 g/mol. The molecule has 168 valence electrons. The normalized spacial score (nSPS) is 15.6. The number of nitro groups is 1. The second-order valence-corrected chi connectivity index (χ2v) is 7.96. The van der Waals surface area contributed by atoms with E-state index in [-0.39, 0.29) is 17.0 Å². The average molecular weight is 438 g/mol. The van der Waals surface area contributed by atoms with Gasteiger partial charge in [-0.1, -0.05) is 12.1 Å². The average Bonchev–Trinajstić information content (AvgIpc) is 2.98. The fourth-order valence-corrected chi connectivity index (χ4v) is 4.06. The van der Waals surface area contributed by atoms with E-state index in [9.17, 15) is 14.9 Å². The molecule has 1 aliphatic rings. The number of para-hydroxylation sites is 1. The first-order chi connectivity index (χ1) is 15.5. The van der Waals surface area contributed by atoms with Gasteiger partial charge in [-0.15, -0.1) is 0 Å². The summed E-state index contributed by atoms with van der Waals surface area (Å²) in [5, 5.41) is 11.8. The van der Waals surface area contributed by atoms with Crippen molar-refractivity contribution in [3.05, 3.63) is 68.8 Å². The van der Waals surface area contributed by atoms with E-state index >= 15 is 0 Å². The van der Waals surface area contributed by atoms with Crippen molar-refractivity contribution < 1.29 is 9.66 Å². The van der Waals surface area contributed by atoms with Gasteiger partial charge in [-0.3, -0.25) is 24.4 Å². The molecule has 1 fully saturated rings. The first kappa shape index (κ1) is 21.9. The standard InChI is InChI=1S/C23H27N5O4/c1-3-32-21-15-17(28(30)31)9-10-20(21)27-22(16-26-12-6-11-25(2)13-14-26)24-19-8-5-4-7-18(19)23(27)29/h4-5,7-10,15H,3,6,11-14,16H2,1-2H3. The van der Waals surface area contributed by atoms with Gasteiger partial charge in [0.1, 0.15) is 11.6 Å². The van der Waals surface area contributed by atoms with E-state index in [0.717, 1.165) is 32.6 Å². The molecular formula is C23H27N5O4. The van der Waals surface area contributed by atoms with E-state index in [0.29, 0.717) is 35.6 Å². The molecule has 0 N–H and O–H groups in total. The summed E-state index contributed by atoms with van der Waals surface area (Å²) in [7, 11) is 2.11. The van der Waals surface area contributed by atoms with E-state index in [4.69, 9.17) is 9.72 Å². The zero-order valence-corrected chi connectivity index (χ0v) is 18.4. The lowest BCUT2D eigenvalue weighted by atomic mass is 10.2. The molecule has 1 aromatic heterocycles. The van der Waals surface area contributed by atoms with E-state index in [1.165, 1.54) is 12.1 Å². The molecule has 32 heavy (non-hydrogen) atoms. The highest BCUT2D eigenvalue weighted by atomic mass is 16.6. The van der Waals surface area contributed by atoms with E-state index in [1.807, 2.05) is 12.1 Å². The molecule has 1 saturated heterocycles. The zero-order chi connectivity index (χ0) is 22.7. The molecule has 0 saturated carbocycles. The number of fused-ring (bicyclic) bond motifs is 1. The molecule has 0 atom stereocenters. The number of hydrogen-bond donors (Lipinski definition) is 0. The third-order valence-corrected chi connectivity index (χ3v) is 5.72. The Balaban J connectivity index is 1.88. The quantitative estimate of drug-likeness (QED) is 0.432. The Hall–Kier alpha value is -3.30. The maximum Gasteiger partial charge on any atom is 0.273 e. The number of non-ortho nitro benzene ring substituents is 1. The van der Waals surface area contributed by atoms with E-state index in [2.05, 4.69) is 16.8 Å². The van der Waals surface area contributed by atoms with Crippen molar-refractivity contribution in [2.75, 3.05) is 39.8 Å². The van der Waals surface area contributed by atoms with Crippen molar-refractivity contribution in [1.29, 1.82) is 0 Å². The van der Waals surface area contributed by atoms with Crippen LogP contribution in [0.5, 0.6) is 5.75 Å². The maximum absolute atomic E-state index is 13.6. The molecule has 1 aliphatic heterocycles. The van der Waals surface area contributed by atoms with Crippen LogP contribution in [-0.4, -0.2) is 64.1 Å². The number of nitrogens with zero attached hydrogens (tertiary/aromatic N) is 5. The zero-order valence-electron chi connectivity index (χ0n) is 18.4. The van der Waals surface area contributed by atoms with Crippen molar-refractivity contribution in [2.24, 2.45) is 0 Å². The Kier molecular flexibility index (Phi) is 6.48. The van der Waals surface area contributed by atoms with Gasteiger partial charge in [0.2, 0.25) is 0 Å². The van der Waals surface area contributed by atoms with Gasteiger partial charge in [0, 0.05) is 19.2 Å². The molecule has 0 spiro atoms. The highest BCUT2D eigenvalue weighted by molar-refractivity contribution is 5.78. The van der Waals surface area contributed by atoms with Gasteiger partial charge < -0.3 is 9.64 Å². The Labute approximate surface area is 186 Å². The Morgan fingerprint density at radius 2 is 1.94 bits per heavy atom. The molecule has 4 rings (SSSR count). The van der Waals surface area contributed by atoms with Gasteiger partial charge in [-0.2, -0.15) is 0 Å². The highest BCUT2D eigenvalue weighted by Gasteiger charge is 2.21. The molecule has 0 aliphatic carbocycles. The lowest BCUT2D eigenvalue weighted by Gasteiger charge is -2.23. The van der Waals surface area contributed by atoms with Crippen LogP contribution >= 0.6 is 0 Å². The van der Waals surface area contributed by atoms with Crippen LogP contribution in [0.25, 0.3) is 16.6 Å². The van der Waals surface area contributed by atoms with Crippen LogP contribution in [0.3, 0.4) is 0 Å². The minimum atomic E-state index is -0.470. The highest BCUT2D eigenvalue weighted by Crippen LogP contribution is 2.29. The molecule has 0 amide bonds. The van der Waals surface area contributed by atoms with Crippen molar-refractivity contribution >= 4 is 16.6 Å². The summed E-state index contributed by atoms with van der Waals surface area (Å²) in [6.07, 6.45) is 1.04.